The molecule has 1 unspecified atom stereocenters. The minimum Gasteiger partial charge on any atom is -0.469 e. The van der Waals surface area contributed by atoms with Crippen LogP contribution in [0.3, 0.4) is 0 Å². The number of nitrogens with zero attached hydrogens (tertiary/aromatic N) is 1. The monoisotopic (exact) mass is 250 g/mol. The molecule has 2 rings (SSSR count). The Labute approximate surface area is 106 Å². The van der Waals surface area contributed by atoms with Crippen LogP contribution in [0.2, 0.25) is 0 Å². The fourth-order valence-corrected chi connectivity index (χ4v) is 2.30. The number of hydrogen-bond donors (Lipinski definition) is 1. The fourth-order valence-electron chi connectivity index (χ4n) is 1.68. The zero-order valence-electron chi connectivity index (χ0n) is 10.3. The van der Waals surface area contributed by atoms with Crippen LogP contribution in [0.4, 0.5) is 0 Å². The summed E-state index contributed by atoms with van der Waals surface area (Å²) in [6.07, 6.45) is 3.79. The van der Waals surface area contributed by atoms with E-state index in [1.54, 1.807) is 17.6 Å². The Hall–Kier alpha value is -1.13. The molecule has 17 heavy (non-hydrogen) atoms. The molecule has 1 atom stereocenters. The lowest BCUT2D eigenvalue weighted by Gasteiger charge is -2.11. The van der Waals surface area contributed by atoms with E-state index in [1.165, 1.54) is 0 Å². The van der Waals surface area contributed by atoms with Gasteiger partial charge in [-0.2, -0.15) is 0 Å². The van der Waals surface area contributed by atoms with Gasteiger partial charge in [-0.25, -0.2) is 4.98 Å². The average Bonchev–Trinajstić information content (AvgIpc) is 2.95. The third-order valence-corrected chi connectivity index (χ3v) is 3.52. The lowest BCUT2D eigenvalue weighted by molar-refractivity contribution is 0.458. The van der Waals surface area contributed by atoms with Gasteiger partial charge in [-0.3, -0.25) is 0 Å². The number of rotatable bonds is 6. The van der Waals surface area contributed by atoms with Crippen molar-refractivity contribution in [3.8, 4) is 0 Å². The van der Waals surface area contributed by atoms with Gasteiger partial charge in [0.15, 0.2) is 0 Å². The highest BCUT2D eigenvalue weighted by Gasteiger charge is 2.05. The highest BCUT2D eigenvalue weighted by atomic mass is 32.1. The van der Waals surface area contributed by atoms with Crippen molar-refractivity contribution >= 4 is 11.3 Å². The van der Waals surface area contributed by atoms with Crippen molar-refractivity contribution in [2.24, 2.45) is 0 Å². The molecule has 0 spiro atoms. The molecule has 0 saturated carbocycles. The summed E-state index contributed by atoms with van der Waals surface area (Å²) in [7, 11) is 0. The van der Waals surface area contributed by atoms with Crippen LogP contribution in [-0.4, -0.2) is 11.0 Å². The largest absolute Gasteiger partial charge is 0.469 e. The van der Waals surface area contributed by atoms with Gasteiger partial charge in [0, 0.05) is 24.4 Å². The van der Waals surface area contributed by atoms with E-state index in [0.29, 0.717) is 6.04 Å². The van der Waals surface area contributed by atoms with Gasteiger partial charge >= 0.3 is 0 Å². The maximum Gasteiger partial charge on any atom is 0.103 e. The Morgan fingerprint density at radius 3 is 3.06 bits per heavy atom. The molecule has 4 heteroatoms. The normalized spacial score (nSPS) is 12.8. The highest BCUT2D eigenvalue weighted by Crippen LogP contribution is 2.09. The zero-order chi connectivity index (χ0) is 12.1. The molecule has 0 aliphatic rings. The zero-order valence-corrected chi connectivity index (χ0v) is 11.1. The number of aryl methyl sites for hydroxylation is 2. The molecule has 0 bridgehead atoms. The first kappa shape index (κ1) is 12.3. The van der Waals surface area contributed by atoms with Crippen molar-refractivity contribution < 1.29 is 4.42 Å². The number of hydrogen-bond acceptors (Lipinski definition) is 4. The molecule has 2 heterocycles. The number of thiazole rings is 1. The predicted molar refractivity (Wildman–Crippen MR) is 70.2 cm³/mol. The second-order valence-electron chi connectivity index (χ2n) is 4.26. The van der Waals surface area contributed by atoms with Crippen molar-refractivity contribution in [3.05, 3.63) is 40.2 Å². The highest BCUT2D eigenvalue weighted by molar-refractivity contribution is 7.09. The molecule has 0 amide bonds. The molecule has 0 radical (unpaired) electrons. The van der Waals surface area contributed by atoms with E-state index in [4.69, 9.17) is 4.42 Å². The summed E-state index contributed by atoms with van der Waals surface area (Å²) >= 11 is 1.70. The molecule has 0 aliphatic heterocycles. The smallest absolute Gasteiger partial charge is 0.103 e. The van der Waals surface area contributed by atoms with Crippen molar-refractivity contribution in [2.75, 3.05) is 0 Å². The second kappa shape index (κ2) is 5.98. The quantitative estimate of drug-likeness (QED) is 0.856. The van der Waals surface area contributed by atoms with Crippen LogP contribution in [0, 0.1) is 6.92 Å². The van der Waals surface area contributed by atoms with E-state index in [-0.39, 0.29) is 0 Å². The summed E-state index contributed by atoms with van der Waals surface area (Å²) in [6.45, 7) is 5.08. The standard InChI is InChI=1S/C13H18N2OS/c1-10(5-6-13-4-3-7-16-13)14-8-12-9-17-11(2)15-12/h3-4,7,9-10,14H,5-6,8H2,1-2H3. The van der Waals surface area contributed by atoms with E-state index in [2.05, 4.69) is 22.6 Å². The van der Waals surface area contributed by atoms with Gasteiger partial charge in [-0.1, -0.05) is 0 Å². The van der Waals surface area contributed by atoms with Gasteiger partial charge in [-0.05, 0) is 32.4 Å². The lowest BCUT2D eigenvalue weighted by atomic mass is 10.1. The summed E-state index contributed by atoms with van der Waals surface area (Å²) in [5, 5.41) is 6.72. The van der Waals surface area contributed by atoms with Gasteiger partial charge < -0.3 is 9.73 Å². The van der Waals surface area contributed by atoms with Crippen molar-refractivity contribution in [1.82, 2.24) is 10.3 Å². The maximum atomic E-state index is 5.31. The van der Waals surface area contributed by atoms with E-state index >= 15 is 0 Å². The van der Waals surface area contributed by atoms with E-state index in [1.807, 2.05) is 19.1 Å². The second-order valence-corrected chi connectivity index (χ2v) is 5.32. The van der Waals surface area contributed by atoms with Crippen LogP contribution in [0.1, 0.15) is 29.8 Å². The molecule has 2 aromatic heterocycles. The maximum absolute atomic E-state index is 5.31. The van der Waals surface area contributed by atoms with Gasteiger partial charge in [0.05, 0.1) is 17.0 Å². The van der Waals surface area contributed by atoms with Crippen LogP contribution in [-0.2, 0) is 13.0 Å². The molecule has 0 aliphatic carbocycles. The molecule has 0 aromatic carbocycles. The Morgan fingerprint density at radius 2 is 2.41 bits per heavy atom. The summed E-state index contributed by atoms with van der Waals surface area (Å²) in [6, 6.07) is 4.43. The Morgan fingerprint density at radius 1 is 1.53 bits per heavy atom. The van der Waals surface area contributed by atoms with Gasteiger partial charge in [-0.15, -0.1) is 11.3 Å². The van der Waals surface area contributed by atoms with E-state index in [9.17, 15) is 0 Å². The SMILES string of the molecule is Cc1nc(CNC(C)CCc2ccco2)cs1. The summed E-state index contributed by atoms with van der Waals surface area (Å²) < 4.78 is 5.31. The Balaban J connectivity index is 1.69. The lowest BCUT2D eigenvalue weighted by Crippen LogP contribution is -2.26. The van der Waals surface area contributed by atoms with E-state index in [0.717, 1.165) is 35.8 Å². The van der Waals surface area contributed by atoms with Gasteiger partial charge in [0.1, 0.15) is 5.76 Å². The minimum absolute atomic E-state index is 0.474. The number of aromatic nitrogens is 1. The molecular formula is C13H18N2OS. The van der Waals surface area contributed by atoms with Crippen molar-refractivity contribution in [2.45, 2.75) is 39.3 Å². The minimum atomic E-state index is 0.474. The molecule has 92 valence electrons. The summed E-state index contributed by atoms with van der Waals surface area (Å²) in [4.78, 5) is 4.43. The van der Waals surface area contributed by atoms with Crippen LogP contribution in [0.25, 0.3) is 0 Å². The van der Waals surface area contributed by atoms with Gasteiger partial charge in [0.2, 0.25) is 0 Å². The number of furan rings is 1. The van der Waals surface area contributed by atoms with E-state index < -0.39 is 0 Å². The average molecular weight is 250 g/mol. The summed E-state index contributed by atoms with van der Waals surface area (Å²) in [5.74, 6) is 1.06. The van der Waals surface area contributed by atoms with Crippen LogP contribution < -0.4 is 5.32 Å². The van der Waals surface area contributed by atoms with Crippen molar-refractivity contribution in [3.63, 3.8) is 0 Å². The molecule has 0 saturated heterocycles. The first-order valence-electron chi connectivity index (χ1n) is 5.91. The number of nitrogens with one attached hydrogen (secondary N) is 1. The first-order valence-corrected chi connectivity index (χ1v) is 6.79. The molecule has 1 N–H and O–H groups in total. The summed E-state index contributed by atoms with van der Waals surface area (Å²) in [5.41, 5.74) is 1.14. The fraction of sp³-hybridized carbons (Fsp3) is 0.462. The van der Waals surface area contributed by atoms with Crippen molar-refractivity contribution in [1.29, 1.82) is 0 Å². The van der Waals surface area contributed by atoms with Crippen LogP contribution >= 0.6 is 11.3 Å². The predicted octanol–water partition coefficient (Wildman–Crippen LogP) is 3.16. The topological polar surface area (TPSA) is 38.1 Å². The van der Waals surface area contributed by atoms with Crippen LogP contribution in [0.15, 0.2) is 28.2 Å². The third-order valence-electron chi connectivity index (χ3n) is 2.70. The molecule has 2 aromatic rings. The molecular weight excluding hydrogens is 232 g/mol. The Bertz CT molecular complexity index is 436. The third kappa shape index (κ3) is 3.98. The first-order chi connectivity index (χ1) is 8.24. The van der Waals surface area contributed by atoms with Gasteiger partial charge in [0.25, 0.3) is 0 Å². The molecule has 3 nitrogen and oxygen atoms in total. The van der Waals surface area contributed by atoms with Crippen LogP contribution in [0.5, 0.6) is 0 Å². The Kier molecular flexibility index (Phi) is 4.34. The molecule has 0 fully saturated rings.